The zero-order chi connectivity index (χ0) is 24.4. The zero-order valence-electron chi connectivity index (χ0n) is 20.5. The standard InChI is InChI=1S/C28H32N4O3/c1-28(2,3)35-27(33)32-15-12-19(13-16-32)23-8-6-14-29-26(23)34-22-17-21(18-22)30-25-11-10-20-7-4-5-9-24(20)31-25/h4-12,14,21-22H,13,15-18H2,1-3H3,(H,30,31)/t21-,22+. The van der Waals surface area contributed by atoms with E-state index >= 15 is 0 Å². The van der Waals surface area contributed by atoms with Gasteiger partial charge in [0.1, 0.15) is 17.5 Å². The van der Waals surface area contributed by atoms with E-state index in [1.54, 1.807) is 11.1 Å². The number of amides is 1. The molecule has 7 nitrogen and oxygen atoms in total. The second-order valence-corrected chi connectivity index (χ2v) is 10.2. The Kier molecular flexibility index (Phi) is 6.32. The first-order chi connectivity index (χ1) is 16.8. The van der Waals surface area contributed by atoms with Gasteiger partial charge in [-0.15, -0.1) is 0 Å². The number of carbonyl (C=O) groups excluding carboxylic acids is 1. The molecular weight excluding hydrogens is 440 g/mol. The summed E-state index contributed by atoms with van der Waals surface area (Å²) in [5, 5.41) is 4.66. The van der Waals surface area contributed by atoms with Crippen LogP contribution in [0, 0.1) is 0 Å². The molecule has 1 aliphatic carbocycles. The van der Waals surface area contributed by atoms with Crippen LogP contribution in [0.3, 0.4) is 0 Å². The largest absolute Gasteiger partial charge is 0.474 e. The monoisotopic (exact) mass is 472 g/mol. The summed E-state index contributed by atoms with van der Waals surface area (Å²) >= 11 is 0. The van der Waals surface area contributed by atoms with Crippen molar-refractivity contribution in [3.63, 3.8) is 0 Å². The molecule has 1 saturated carbocycles. The Morgan fingerprint density at radius 1 is 1.09 bits per heavy atom. The Bertz CT molecular complexity index is 1240. The predicted molar refractivity (Wildman–Crippen MR) is 137 cm³/mol. The van der Waals surface area contributed by atoms with Gasteiger partial charge in [0.2, 0.25) is 5.88 Å². The van der Waals surface area contributed by atoms with Crippen molar-refractivity contribution in [3.8, 4) is 5.88 Å². The van der Waals surface area contributed by atoms with Gasteiger partial charge < -0.3 is 19.7 Å². The van der Waals surface area contributed by atoms with Gasteiger partial charge in [0.25, 0.3) is 0 Å². The molecule has 182 valence electrons. The highest BCUT2D eigenvalue weighted by Gasteiger charge is 2.32. The summed E-state index contributed by atoms with van der Waals surface area (Å²) in [6.07, 6.45) is 6.22. The molecule has 2 aliphatic rings. The number of aromatic nitrogens is 2. The predicted octanol–water partition coefficient (Wildman–Crippen LogP) is 5.68. The van der Waals surface area contributed by atoms with Gasteiger partial charge in [-0.05, 0) is 63.1 Å². The van der Waals surface area contributed by atoms with Crippen LogP contribution in [0.15, 0.2) is 60.8 Å². The molecule has 35 heavy (non-hydrogen) atoms. The topological polar surface area (TPSA) is 76.6 Å². The van der Waals surface area contributed by atoms with Crippen LogP contribution in [-0.4, -0.2) is 51.8 Å². The van der Waals surface area contributed by atoms with E-state index in [0.29, 0.717) is 25.0 Å². The third kappa shape index (κ3) is 5.56. The lowest BCUT2D eigenvalue weighted by Crippen LogP contribution is -2.43. The van der Waals surface area contributed by atoms with Crippen LogP contribution in [0.1, 0.15) is 45.6 Å². The number of benzene rings is 1. The highest BCUT2D eigenvalue weighted by Crippen LogP contribution is 2.33. The number of hydrogen-bond acceptors (Lipinski definition) is 6. The van der Waals surface area contributed by atoms with Gasteiger partial charge in [-0.25, -0.2) is 14.8 Å². The van der Waals surface area contributed by atoms with Gasteiger partial charge in [-0.3, -0.25) is 0 Å². The van der Waals surface area contributed by atoms with Crippen LogP contribution in [0.5, 0.6) is 5.88 Å². The first-order valence-corrected chi connectivity index (χ1v) is 12.3. The quantitative estimate of drug-likeness (QED) is 0.515. The maximum absolute atomic E-state index is 12.4. The number of hydrogen-bond donors (Lipinski definition) is 1. The molecule has 0 spiro atoms. The molecule has 3 aromatic rings. The van der Waals surface area contributed by atoms with Crippen LogP contribution in [-0.2, 0) is 4.74 Å². The lowest BCUT2D eigenvalue weighted by Gasteiger charge is -2.36. The molecule has 1 amide bonds. The molecule has 0 atom stereocenters. The summed E-state index contributed by atoms with van der Waals surface area (Å²) < 4.78 is 11.8. The number of anilines is 1. The lowest BCUT2D eigenvalue weighted by atomic mass is 9.89. The van der Waals surface area contributed by atoms with Crippen LogP contribution < -0.4 is 10.1 Å². The maximum Gasteiger partial charge on any atom is 0.410 e. The maximum atomic E-state index is 12.4. The van der Waals surface area contributed by atoms with Crippen LogP contribution in [0.2, 0.25) is 0 Å². The SMILES string of the molecule is CC(C)(C)OC(=O)N1CC=C(c2cccnc2O[C@H]2C[C@@H](Nc3ccc4ccccc4n3)C2)CC1. The Labute approximate surface area is 206 Å². The van der Waals surface area contributed by atoms with Crippen molar-refractivity contribution in [1.82, 2.24) is 14.9 Å². The molecule has 1 fully saturated rings. The third-order valence-electron chi connectivity index (χ3n) is 6.30. The Morgan fingerprint density at radius 3 is 2.69 bits per heavy atom. The molecule has 1 N–H and O–H groups in total. The van der Waals surface area contributed by atoms with Crippen LogP contribution in [0.4, 0.5) is 10.6 Å². The fourth-order valence-electron chi connectivity index (χ4n) is 4.43. The third-order valence-corrected chi connectivity index (χ3v) is 6.30. The smallest absolute Gasteiger partial charge is 0.410 e. The van der Waals surface area contributed by atoms with E-state index in [9.17, 15) is 4.79 Å². The number of nitrogens with zero attached hydrogens (tertiary/aromatic N) is 3. The van der Waals surface area contributed by atoms with Crippen molar-refractivity contribution in [2.75, 3.05) is 18.4 Å². The first kappa shape index (κ1) is 23.1. The molecule has 1 aromatic carbocycles. The van der Waals surface area contributed by atoms with Gasteiger partial charge in [0.15, 0.2) is 0 Å². The summed E-state index contributed by atoms with van der Waals surface area (Å²) in [6, 6.07) is 16.6. The van der Waals surface area contributed by atoms with Gasteiger partial charge in [-0.1, -0.05) is 24.3 Å². The summed E-state index contributed by atoms with van der Waals surface area (Å²) in [4.78, 5) is 23.3. The van der Waals surface area contributed by atoms with Gasteiger partial charge in [-0.2, -0.15) is 0 Å². The minimum atomic E-state index is -0.495. The number of pyridine rings is 2. The fourth-order valence-corrected chi connectivity index (χ4v) is 4.43. The number of para-hydroxylation sites is 1. The summed E-state index contributed by atoms with van der Waals surface area (Å²) in [7, 11) is 0. The lowest BCUT2D eigenvalue weighted by molar-refractivity contribution is 0.0270. The molecule has 3 heterocycles. The van der Waals surface area contributed by atoms with Crippen molar-refractivity contribution in [1.29, 1.82) is 0 Å². The van der Waals surface area contributed by atoms with Crippen molar-refractivity contribution in [2.24, 2.45) is 0 Å². The van der Waals surface area contributed by atoms with Crippen molar-refractivity contribution >= 4 is 28.4 Å². The molecule has 7 heteroatoms. The minimum absolute atomic E-state index is 0.115. The molecule has 5 rings (SSSR count). The van der Waals surface area contributed by atoms with Gasteiger partial charge in [0, 0.05) is 49.1 Å². The fraction of sp³-hybridized carbons (Fsp3) is 0.393. The number of rotatable bonds is 5. The van der Waals surface area contributed by atoms with Gasteiger partial charge >= 0.3 is 6.09 Å². The second kappa shape index (κ2) is 9.56. The van der Waals surface area contributed by atoms with Crippen molar-refractivity contribution in [2.45, 2.75) is 57.8 Å². The van der Waals surface area contributed by atoms with Crippen LogP contribution in [0.25, 0.3) is 16.5 Å². The number of nitrogens with one attached hydrogen (secondary N) is 1. The number of carbonyl (C=O) groups is 1. The van der Waals surface area contributed by atoms with Crippen molar-refractivity contribution < 1.29 is 14.3 Å². The molecule has 2 aromatic heterocycles. The van der Waals surface area contributed by atoms with Crippen molar-refractivity contribution in [3.05, 3.63) is 66.4 Å². The summed E-state index contributed by atoms with van der Waals surface area (Å²) in [5.74, 6) is 1.56. The highest BCUT2D eigenvalue weighted by molar-refractivity contribution is 5.80. The molecule has 0 unspecified atom stereocenters. The van der Waals surface area contributed by atoms with E-state index in [-0.39, 0.29) is 12.2 Å². The highest BCUT2D eigenvalue weighted by atomic mass is 16.6. The first-order valence-electron chi connectivity index (χ1n) is 12.3. The molecule has 0 saturated heterocycles. The average Bonchev–Trinajstić information content (AvgIpc) is 2.82. The minimum Gasteiger partial charge on any atom is -0.474 e. The number of ether oxygens (including phenoxy) is 2. The Morgan fingerprint density at radius 2 is 1.91 bits per heavy atom. The Balaban J connectivity index is 1.17. The second-order valence-electron chi connectivity index (χ2n) is 10.2. The molecular formula is C28H32N4O3. The Hall–Kier alpha value is -3.61. The molecule has 1 aliphatic heterocycles. The summed E-state index contributed by atoms with van der Waals surface area (Å²) in [5.41, 5.74) is 2.66. The normalized spacial score (nSPS) is 20.1. The van der Waals surface area contributed by atoms with E-state index in [0.717, 1.165) is 47.1 Å². The molecule has 0 bridgehead atoms. The van der Waals surface area contributed by atoms with E-state index < -0.39 is 5.60 Å². The van der Waals surface area contributed by atoms with E-state index in [2.05, 4.69) is 28.5 Å². The summed E-state index contributed by atoms with van der Waals surface area (Å²) in [6.45, 7) is 6.78. The van der Waals surface area contributed by atoms with Gasteiger partial charge in [0.05, 0.1) is 5.52 Å². The van der Waals surface area contributed by atoms with E-state index in [4.69, 9.17) is 14.5 Å². The average molecular weight is 473 g/mol. The molecule has 0 radical (unpaired) electrons. The van der Waals surface area contributed by atoms with E-state index in [1.807, 2.05) is 57.2 Å². The van der Waals surface area contributed by atoms with Crippen LogP contribution >= 0.6 is 0 Å². The zero-order valence-corrected chi connectivity index (χ0v) is 20.5. The number of fused-ring (bicyclic) bond motifs is 1. The van der Waals surface area contributed by atoms with E-state index in [1.165, 1.54) is 0 Å².